The van der Waals surface area contributed by atoms with Crippen molar-refractivity contribution in [1.29, 1.82) is 0 Å². The van der Waals surface area contributed by atoms with Crippen molar-refractivity contribution in [2.24, 2.45) is 4.99 Å². The highest BCUT2D eigenvalue weighted by molar-refractivity contribution is 14.0. The molecule has 162 valence electrons. The van der Waals surface area contributed by atoms with E-state index in [4.69, 9.17) is 4.99 Å². The van der Waals surface area contributed by atoms with Gasteiger partial charge in [-0.25, -0.2) is 0 Å². The van der Waals surface area contributed by atoms with E-state index in [9.17, 15) is 0 Å². The molecule has 4 rings (SSSR count). The van der Waals surface area contributed by atoms with Gasteiger partial charge in [-0.15, -0.1) is 45.5 Å². The molecule has 1 aliphatic heterocycles. The van der Waals surface area contributed by atoms with Gasteiger partial charge in [-0.2, -0.15) is 0 Å². The van der Waals surface area contributed by atoms with Crippen molar-refractivity contribution in [1.82, 2.24) is 30.1 Å². The van der Waals surface area contributed by atoms with E-state index in [2.05, 4.69) is 50.2 Å². The lowest BCUT2D eigenvalue weighted by Crippen LogP contribution is -2.39. The Balaban J connectivity index is 0.00000256. The van der Waals surface area contributed by atoms with Crippen LogP contribution in [0.25, 0.3) is 5.65 Å². The van der Waals surface area contributed by atoms with Gasteiger partial charge in [-0.05, 0) is 56.4 Å². The molecule has 1 aliphatic rings. The first kappa shape index (κ1) is 23.0. The van der Waals surface area contributed by atoms with Crippen molar-refractivity contribution in [3.05, 3.63) is 52.6 Å². The number of guanidine groups is 1. The van der Waals surface area contributed by atoms with E-state index in [1.54, 1.807) is 0 Å². The summed E-state index contributed by atoms with van der Waals surface area (Å²) in [6.45, 7) is 6.80. The predicted molar refractivity (Wildman–Crippen MR) is 134 cm³/mol. The molecule has 1 unspecified atom stereocenters. The maximum atomic E-state index is 4.91. The molecule has 3 aromatic rings. The third kappa shape index (κ3) is 5.70. The van der Waals surface area contributed by atoms with Crippen LogP contribution in [0.3, 0.4) is 0 Å². The third-order valence-electron chi connectivity index (χ3n) is 5.24. The molecule has 3 aromatic heterocycles. The van der Waals surface area contributed by atoms with Crippen LogP contribution in [0, 0.1) is 0 Å². The van der Waals surface area contributed by atoms with E-state index in [-0.39, 0.29) is 24.0 Å². The van der Waals surface area contributed by atoms with Gasteiger partial charge in [0, 0.05) is 30.6 Å². The van der Waals surface area contributed by atoms with E-state index in [0.717, 1.165) is 43.5 Å². The number of nitrogens with zero attached hydrogens (tertiary/aromatic N) is 5. The highest BCUT2D eigenvalue weighted by atomic mass is 127. The van der Waals surface area contributed by atoms with Crippen LogP contribution in [-0.4, -0.2) is 58.2 Å². The maximum Gasteiger partial charge on any atom is 0.191 e. The summed E-state index contributed by atoms with van der Waals surface area (Å²) in [6, 6.07) is 10.7. The Morgan fingerprint density at radius 2 is 2.03 bits per heavy atom. The number of nitrogens with one attached hydrogen (secondary N) is 2. The van der Waals surface area contributed by atoms with Gasteiger partial charge < -0.3 is 10.6 Å². The molecule has 0 spiro atoms. The summed E-state index contributed by atoms with van der Waals surface area (Å²) >= 11 is 1.83. The third-order valence-corrected chi connectivity index (χ3v) is 6.22. The second kappa shape index (κ2) is 11.6. The van der Waals surface area contributed by atoms with Gasteiger partial charge in [0.15, 0.2) is 11.6 Å². The van der Waals surface area contributed by atoms with E-state index in [0.29, 0.717) is 6.04 Å². The maximum absolute atomic E-state index is 4.91. The number of hydrogen-bond donors (Lipinski definition) is 2. The van der Waals surface area contributed by atoms with Crippen LogP contribution in [0.1, 0.15) is 36.5 Å². The standard InChI is InChI=1S/C21H29N7S.HI/c1-2-22-21(23-11-10-20-26-25-19-9-3-4-14-28(19)20)24-16-17(18-8-7-15-29-18)27-12-5-6-13-27;/h3-4,7-9,14-15,17H,2,5-6,10-13,16H2,1H3,(H2,22,23,24);1H. The molecular formula is C21H30IN7S. The Morgan fingerprint density at radius 3 is 2.80 bits per heavy atom. The Hall–Kier alpha value is -1.72. The van der Waals surface area contributed by atoms with Crippen molar-refractivity contribution in [2.45, 2.75) is 32.2 Å². The molecule has 30 heavy (non-hydrogen) atoms. The molecule has 0 aromatic carbocycles. The van der Waals surface area contributed by atoms with Gasteiger partial charge in [-0.1, -0.05) is 12.1 Å². The SMILES string of the molecule is CCNC(=NCC(c1cccs1)N1CCCC1)NCCc1nnc2ccccn12.I. The zero-order valence-electron chi connectivity index (χ0n) is 17.3. The minimum atomic E-state index is 0. The number of fused-ring (bicyclic) bond motifs is 1. The molecular weight excluding hydrogens is 509 g/mol. The van der Waals surface area contributed by atoms with Crippen LogP contribution >= 0.6 is 35.3 Å². The fourth-order valence-corrected chi connectivity index (χ4v) is 4.65. The van der Waals surface area contributed by atoms with Crippen molar-refractivity contribution < 1.29 is 0 Å². The van der Waals surface area contributed by atoms with E-state index >= 15 is 0 Å². The summed E-state index contributed by atoms with van der Waals surface area (Å²) in [4.78, 5) is 8.89. The Morgan fingerprint density at radius 1 is 1.17 bits per heavy atom. The molecule has 0 saturated carbocycles. The van der Waals surface area contributed by atoms with Gasteiger partial charge in [-0.3, -0.25) is 14.3 Å². The normalized spacial score (nSPS) is 15.8. The van der Waals surface area contributed by atoms with Crippen LogP contribution in [0.2, 0.25) is 0 Å². The summed E-state index contributed by atoms with van der Waals surface area (Å²) in [5.74, 6) is 1.82. The second-order valence-corrected chi connectivity index (χ2v) is 8.20. The Bertz CT molecular complexity index is 918. The summed E-state index contributed by atoms with van der Waals surface area (Å²) in [7, 11) is 0. The average molecular weight is 539 g/mol. The summed E-state index contributed by atoms with van der Waals surface area (Å²) in [5, 5.41) is 17.5. The quantitative estimate of drug-likeness (QED) is 0.261. The zero-order valence-corrected chi connectivity index (χ0v) is 20.5. The minimum Gasteiger partial charge on any atom is -0.357 e. The first-order valence-corrected chi connectivity index (χ1v) is 11.3. The molecule has 2 N–H and O–H groups in total. The molecule has 1 saturated heterocycles. The Kier molecular flexibility index (Phi) is 8.88. The lowest BCUT2D eigenvalue weighted by Gasteiger charge is -2.25. The van der Waals surface area contributed by atoms with Crippen LogP contribution in [-0.2, 0) is 6.42 Å². The molecule has 0 bridgehead atoms. The van der Waals surface area contributed by atoms with Crippen molar-refractivity contribution in [3.63, 3.8) is 0 Å². The molecule has 0 amide bonds. The zero-order chi connectivity index (χ0) is 19.9. The first-order valence-electron chi connectivity index (χ1n) is 10.4. The number of halogens is 1. The predicted octanol–water partition coefficient (Wildman–Crippen LogP) is 3.34. The van der Waals surface area contributed by atoms with Gasteiger partial charge >= 0.3 is 0 Å². The topological polar surface area (TPSA) is 69.8 Å². The minimum absolute atomic E-state index is 0. The number of aliphatic imine (C=N–C) groups is 1. The van der Waals surface area contributed by atoms with Crippen LogP contribution in [0.15, 0.2) is 46.9 Å². The lowest BCUT2D eigenvalue weighted by molar-refractivity contribution is 0.255. The van der Waals surface area contributed by atoms with Crippen molar-refractivity contribution >= 4 is 46.9 Å². The molecule has 1 fully saturated rings. The monoisotopic (exact) mass is 539 g/mol. The molecule has 1 atom stereocenters. The van der Waals surface area contributed by atoms with E-state index in [1.807, 2.05) is 40.1 Å². The lowest BCUT2D eigenvalue weighted by atomic mass is 10.2. The fourth-order valence-electron chi connectivity index (χ4n) is 3.79. The first-order chi connectivity index (χ1) is 14.3. The summed E-state index contributed by atoms with van der Waals surface area (Å²) in [6.07, 6.45) is 5.37. The smallest absolute Gasteiger partial charge is 0.191 e. The van der Waals surface area contributed by atoms with Crippen molar-refractivity contribution in [2.75, 3.05) is 32.7 Å². The summed E-state index contributed by atoms with van der Waals surface area (Å²) < 4.78 is 2.03. The van der Waals surface area contributed by atoms with E-state index < -0.39 is 0 Å². The van der Waals surface area contributed by atoms with E-state index in [1.165, 1.54) is 30.8 Å². The number of aromatic nitrogens is 3. The van der Waals surface area contributed by atoms with Crippen molar-refractivity contribution in [3.8, 4) is 0 Å². The average Bonchev–Trinajstić information content (AvgIpc) is 3.51. The number of hydrogen-bond acceptors (Lipinski definition) is 5. The van der Waals surface area contributed by atoms with Crippen LogP contribution in [0.4, 0.5) is 0 Å². The molecule has 4 heterocycles. The fraction of sp³-hybridized carbons (Fsp3) is 0.476. The van der Waals surface area contributed by atoms with Gasteiger partial charge in [0.1, 0.15) is 5.82 Å². The van der Waals surface area contributed by atoms with Gasteiger partial charge in [0.05, 0.1) is 12.6 Å². The highest BCUT2D eigenvalue weighted by Gasteiger charge is 2.24. The molecule has 9 heteroatoms. The Labute approximate surface area is 199 Å². The largest absolute Gasteiger partial charge is 0.357 e. The van der Waals surface area contributed by atoms with Gasteiger partial charge in [0.2, 0.25) is 0 Å². The number of rotatable bonds is 8. The number of pyridine rings is 1. The molecule has 7 nitrogen and oxygen atoms in total. The van der Waals surface area contributed by atoms with Crippen LogP contribution in [0.5, 0.6) is 0 Å². The van der Waals surface area contributed by atoms with Gasteiger partial charge in [0.25, 0.3) is 0 Å². The number of thiophene rings is 1. The molecule has 0 radical (unpaired) electrons. The number of likely N-dealkylation sites (tertiary alicyclic amines) is 1. The summed E-state index contributed by atoms with van der Waals surface area (Å²) in [5.41, 5.74) is 0.882. The second-order valence-electron chi connectivity index (χ2n) is 7.22. The van der Waals surface area contributed by atoms with Crippen LogP contribution < -0.4 is 10.6 Å². The highest BCUT2D eigenvalue weighted by Crippen LogP contribution is 2.28. The molecule has 0 aliphatic carbocycles.